The number of likely N-dealkylation sites (tertiary alicyclic amines) is 1. The molecule has 2 heterocycles. The van der Waals surface area contributed by atoms with E-state index in [0.29, 0.717) is 25.3 Å². The molecule has 6 heteroatoms. The van der Waals surface area contributed by atoms with E-state index >= 15 is 0 Å². The van der Waals surface area contributed by atoms with Crippen molar-refractivity contribution in [1.29, 1.82) is 0 Å². The minimum absolute atomic E-state index is 0.00436. The van der Waals surface area contributed by atoms with Crippen molar-refractivity contribution in [3.05, 3.63) is 24.3 Å². The van der Waals surface area contributed by atoms with Crippen molar-refractivity contribution < 1.29 is 14.3 Å². The van der Waals surface area contributed by atoms with E-state index in [1.165, 1.54) is 38.8 Å². The normalized spacial score (nSPS) is 20.6. The van der Waals surface area contributed by atoms with Crippen LogP contribution in [-0.2, 0) is 9.59 Å². The molecule has 2 aliphatic rings. The molecule has 27 heavy (non-hydrogen) atoms. The average Bonchev–Trinajstić information content (AvgIpc) is 2.94. The molecule has 1 saturated heterocycles. The van der Waals surface area contributed by atoms with Crippen molar-refractivity contribution in [1.82, 2.24) is 10.2 Å². The third-order valence-electron chi connectivity index (χ3n) is 5.31. The number of nitrogens with zero attached hydrogens (tertiary/aromatic N) is 2. The number of amides is 2. The SMILES string of the molecule is CC1Oc2ccccc2N(CCC(=O)NCCCN2CCCCCC2)C1=O. The predicted molar refractivity (Wildman–Crippen MR) is 106 cm³/mol. The Morgan fingerprint density at radius 1 is 1.15 bits per heavy atom. The van der Waals surface area contributed by atoms with Gasteiger partial charge in [0.2, 0.25) is 5.91 Å². The minimum Gasteiger partial charge on any atom is -0.479 e. The Hall–Kier alpha value is -2.08. The fourth-order valence-corrected chi connectivity index (χ4v) is 3.78. The molecule has 0 spiro atoms. The van der Waals surface area contributed by atoms with Crippen molar-refractivity contribution >= 4 is 17.5 Å². The zero-order valence-electron chi connectivity index (χ0n) is 16.3. The summed E-state index contributed by atoms with van der Waals surface area (Å²) in [6.45, 7) is 6.23. The highest BCUT2D eigenvalue weighted by molar-refractivity contribution is 6.00. The number of fused-ring (bicyclic) bond motifs is 1. The third-order valence-corrected chi connectivity index (χ3v) is 5.31. The summed E-state index contributed by atoms with van der Waals surface area (Å²) in [5, 5.41) is 2.99. The van der Waals surface area contributed by atoms with Gasteiger partial charge in [-0.15, -0.1) is 0 Å². The van der Waals surface area contributed by atoms with Gasteiger partial charge in [0, 0.05) is 19.5 Å². The van der Waals surface area contributed by atoms with Crippen LogP contribution in [0.25, 0.3) is 0 Å². The molecule has 0 aliphatic carbocycles. The topological polar surface area (TPSA) is 61.9 Å². The van der Waals surface area contributed by atoms with Gasteiger partial charge < -0.3 is 19.9 Å². The smallest absolute Gasteiger partial charge is 0.267 e. The van der Waals surface area contributed by atoms with Gasteiger partial charge in [-0.25, -0.2) is 0 Å². The maximum atomic E-state index is 12.4. The Labute approximate surface area is 161 Å². The van der Waals surface area contributed by atoms with Crippen molar-refractivity contribution in [2.24, 2.45) is 0 Å². The Morgan fingerprint density at radius 3 is 2.67 bits per heavy atom. The van der Waals surface area contributed by atoms with Gasteiger partial charge >= 0.3 is 0 Å². The monoisotopic (exact) mass is 373 g/mol. The molecule has 1 atom stereocenters. The minimum atomic E-state index is -0.517. The lowest BCUT2D eigenvalue weighted by molar-refractivity contribution is -0.125. The second-order valence-corrected chi connectivity index (χ2v) is 7.43. The van der Waals surface area contributed by atoms with Gasteiger partial charge in [0.25, 0.3) is 5.91 Å². The highest BCUT2D eigenvalue weighted by Gasteiger charge is 2.31. The molecule has 1 aromatic rings. The molecule has 0 radical (unpaired) electrons. The molecule has 1 unspecified atom stereocenters. The highest BCUT2D eigenvalue weighted by Crippen LogP contribution is 2.33. The number of carbonyl (C=O) groups excluding carboxylic acids is 2. The maximum absolute atomic E-state index is 12.4. The summed E-state index contributed by atoms with van der Waals surface area (Å²) < 4.78 is 5.63. The number of hydrogen-bond donors (Lipinski definition) is 1. The van der Waals surface area contributed by atoms with Gasteiger partial charge in [0.15, 0.2) is 6.10 Å². The first-order valence-corrected chi connectivity index (χ1v) is 10.2. The zero-order chi connectivity index (χ0) is 19.1. The van der Waals surface area contributed by atoms with Crippen LogP contribution in [0.1, 0.15) is 45.4 Å². The Bertz CT molecular complexity index is 641. The van der Waals surface area contributed by atoms with Crippen molar-refractivity contribution in [3.8, 4) is 5.75 Å². The van der Waals surface area contributed by atoms with Crippen LogP contribution < -0.4 is 15.0 Å². The molecule has 0 bridgehead atoms. The van der Waals surface area contributed by atoms with E-state index in [9.17, 15) is 9.59 Å². The fraction of sp³-hybridized carbons (Fsp3) is 0.619. The average molecular weight is 373 g/mol. The van der Waals surface area contributed by atoms with E-state index < -0.39 is 6.10 Å². The van der Waals surface area contributed by atoms with Gasteiger partial charge in [-0.2, -0.15) is 0 Å². The number of ether oxygens (including phenoxy) is 1. The van der Waals surface area contributed by atoms with Crippen LogP contribution in [0.2, 0.25) is 0 Å². The zero-order valence-corrected chi connectivity index (χ0v) is 16.3. The quantitative estimate of drug-likeness (QED) is 0.746. The lowest BCUT2D eigenvalue weighted by Gasteiger charge is -2.32. The first-order valence-electron chi connectivity index (χ1n) is 10.2. The molecule has 2 amide bonds. The number of benzene rings is 1. The van der Waals surface area contributed by atoms with Gasteiger partial charge in [0.05, 0.1) is 5.69 Å². The second kappa shape index (κ2) is 9.74. The number of carbonyl (C=O) groups is 2. The molecule has 3 rings (SSSR count). The molecule has 0 aromatic heterocycles. The molecular formula is C21H31N3O3. The molecule has 2 aliphatic heterocycles. The number of anilines is 1. The van der Waals surface area contributed by atoms with Crippen LogP contribution in [0.5, 0.6) is 5.75 Å². The summed E-state index contributed by atoms with van der Waals surface area (Å²) in [5.74, 6) is 0.598. The van der Waals surface area contributed by atoms with Crippen molar-refractivity contribution in [2.45, 2.75) is 51.6 Å². The summed E-state index contributed by atoms with van der Waals surface area (Å²) >= 11 is 0. The highest BCUT2D eigenvalue weighted by atomic mass is 16.5. The lowest BCUT2D eigenvalue weighted by Crippen LogP contribution is -2.45. The first kappa shape index (κ1) is 19.7. The summed E-state index contributed by atoms with van der Waals surface area (Å²) in [4.78, 5) is 28.8. The summed E-state index contributed by atoms with van der Waals surface area (Å²) in [6, 6.07) is 7.48. The standard InChI is InChI=1S/C21H31N3O3/c1-17-21(26)24(18-9-4-5-10-19(18)27-17)16-11-20(25)22-12-8-15-23-13-6-2-3-7-14-23/h4-5,9-10,17H,2-3,6-8,11-16H2,1H3,(H,22,25). The van der Waals surface area contributed by atoms with Gasteiger partial charge in [-0.1, -0.05) is 25.0 Å². The molecule has 0 saturated carbocycles. The fourth-order valence-electron chi connectivity index (χ4n) is 3.78. The van der Waals surface area contributed by atoms with E-state index in [4.69, 9.17) is 4.74 Å². The molecule has 1 N–H and O–H groups in total. The number of hydrogen-bond acceptors (Lipinski definition) is 4. The predicted octanol–water partition coefficient (Wildman–Crippen LogP) is 2.57. The number of nitrogens with one attached hydrogen (secondary N) is 1. The molecule has 148 valence electrons. The van der Waals surface area contributed by atoms with Gasteiger partial charge in [-0.3, -0.25) is 9.59 Å². The maximum Gasteiger partial charge on any atom is 0.267 e. The van der Waals surface area contributed by atoms with Gasteiger partial charge in [0.1, 0.15) is 5.75 Å². The van der Waals surface area contributed by atoms with E-state index in [0.717, 1.165) is 18.7 Å². The van der Waals surface area contributed by atoms with Gasteiger partial charge in [-0.05, 0) is 58.0 Å². The van der Waals surface area contributed by atoms with Crippen LogP contribution in [0, 0.1) is 0 Å². The lowest BCUT2D eigenvalue weighted by atomic mass is 10.1. The third kappa shape index (κ3) is 5.45. The summed E-state index contributed by atoms with van der Waals surface area (Å²) in [5.41, 5.74) is 0.745. The van der Waals surface area contributed by atoms with Crippen LogP contribution >= 0.6 is 0 Å². The Morgan fingerprint density at radius 2 is 1.89 bits per heavy atom. The summed E-state index contributed by atoms with van der Waals surface area (Å²) in [7, 11) is 0. The van der Waals surface area contributed by atoms with E-state index in [1.807, 2.05) is 24.3 Å². The van der Waals surface area contributed by atoms with Crippen LogP contribution in [-0.4, -0.2) is 55.5 Å². The van der Waals surface area contributed by atoms with E-state index in [-0.39, 0.29) is 11.8 Å². The van der Waals surface area contributed by atoms with Crippen LogP contribution in [0.3, 0.4) is 0 Å². The van der Waals surface area contributed by atoms with Crippen molar-refractivity contribution in [3.63, 3.8) is 0 Å². The number of para-hydroxylation sites is 2. The van der Waals surface area contributed by atoms with E-state index in [2.05, 4.69) is 10.2 Å². The van der Waals surface area contributed by atoms with Crippen molar-refractivity contribution in [2.75, 3.05) is 37.6 Å². The largest absolute Gasteiger partial charge is 0.479 e. The molecule has 1 aromatic carbocycles. The summed E-state index contributed by atoms with van der Waals surface area (Å²) in [6.07, 6.45) is 6.03. The second-order valence-electron chi connectivity index (χ2n) is 7.43. The van der Waals surface area contributed by atoms with E-state index in [1.54, 1.807) is 11.8 Å². The molecular weight excluding hydrogens is 342 g/mol. The first-order chi connectivity index (χ1) is 13.1. The van der Waals surface area contributed by atoms with Crippen LogP contribution in [0.15, 0.2) is 24.3 Å². The Kier molecular flexibility index (Phi) is 7.10. The Balaban J connectivity index is 1.40. The molecule has 6 nitrogen and oxygen atoms in total. The van der Waals surface area contributed by atoms with Crippen LogP contribution in [0.4, 0.5) is 5.69 Å². The molecule has 1 fully saturated rings. The number of rotatable bonds is 7.